The summed E-state index contributed by atoms with van der Waals surface area (Å²) in [5.74, 6) is 0.743. The molecule has 2 heterocycles. The molecule has 1 aromatic rings. The van der Waals surface area contributed by atoms with Crippen LogP contribution in [0.5, 0.6) is 11.5 Å². The molecule has 3 rings (SSSR count). The smallest absolute Gasteiger partial charge is 0.265 e. The zero-order chi connectivity index (χ0) is 14.7. The van der Waals surface area contributed by atoms with Crippen LogP contribution < -0.4 is 20.1 Å². The molecule has 0 spiro atoms. The van der Waals surface area contributed by atoms with Crippen LogP contribution in [0.2, 0.25) is 0 Å². The molecule has 0 bridgehead atoms. The van der Waals surface area contributed by atoms with Gasteiger partial charge in [-0.2, -0.15) is 0 Å². The second-order valence-corrected chi connectivity index (χ2v) is 5.21. The predicted octanol–water partition coefficient (Wildman–Crippen LogP) is 0.611. The van der Waals surface area contributed by atoms with Crippen molar-refractivity contribution in [1.82, 2.24) is 10.6 Å². The van der Waals surface area contributed by atoms with Gasteiger partial charge in [0.15, 0.2) is 11.5 Å². The normalized spacial score (nSPS) is 24.7. The van der Waals surface area contributed by atoms with Gasteiger partial charge < -0.3 is 20.1 Å². The minimum atomic E-state index is -0.726. The van der Waals surface area contributed by atoms with E-state index in [1.54, 1.807) is 12.1 Å². The van der Waals surface area contributed by atoms with Crippen LogP contribution in [-0.2, 0) is 9.59 Å². The Labute approximate surface area is 122 Å². The first-order valence-corrected chi connectivity index (χ1v) is 7.20. The number of carbonyl (C=O) groups is 2. The van der Waals surface area contributed by atoms with Gasteiger partial charge in [0.05, 0.1) is 0 Å². The van der Waals surface area contributed by atoms with Crippen molar-refractivity contribution in [2.75, 3.05) is 13.2 Å². The highest BCUT2D eigenvalue weighted by Crippen LogP contribution is 2.30. The molecule has 2 atom stereocenters. The lowest BCUT2D eigenvalue weighted by Gasteiger charge is -2.26. The summed E-state index contributed by atoms with van der Waals surface area (Å²) in [6.45, 7) is 0.818. The summed E-state index contributed by atoms with van der Waals surface area (Å²) in [5.41, 5.74) is 0. The lowest BCUT2D eigenvalue weighted by Crippen LogP contribution is -2.52. The second-order valence-electron chi connectivity index (χ2n) is 5.21. The summed E-state index contributed by atoms with van der Waals surface area (Å²) >= 11 is 0. The van der Waals surface area contributed by atoms with Crippen LogP contribution in [0.4, 0.5) is 0 Å². The SMILES string of the molecule is O=C1NCCCC[C@@H]1NC(=O)[C@@H]1COc2ccccc2O1. The monoisotopic (exact) mass is 290 g/mol. The van der Waals surface area contributed by atoms with Gasteiger partial charge in [0, 0.05) is 6.54 Å². The molecule has 0 aromatic heterocycles. The van der Waals surface area contributed by atoms with Crippen molar-refractivity contribution >= 4 is 11.8 Å². The first kappa shape index (κ1) is 13.7. The molecule has 6 heteroatoms. The van der Waals surface area contributed by atoms with E-state index in [1.807, 2.05) is 12.1 Å². The van der Waals surface area contributed by atoms with Crippen LogP contribution in [0.25, 0.3) is 0 Å². The summed E-state index contributed by atoms with van der Waals surface area (Å²) < 4.78 is 11.1. The fourth-order valence-corrected chi connectivity index (χ4v) is 2.49. The third kappa shape index (κ3) is 3.09. The van der Waals surface area contributed by atoms with Crippen LogP contribution in [0.1, 0.15) is 19.3 Å². The van der Waals surface area contributed by atoms with Gasteiger partial charge in [0.25, 0.3) is 5.91 Å². The van der Waals surface area contributed by atoms with Gasteiger partial charge in [0.1, 0.15) is 12.6 Å². The van der Waals surface area contributed by atoms with Gasteiger partial charge in [0.2, 0.25) is 12.0 Å². The second kappa shape index (κ2) is 6.03. The zero-order valence-electron chi connectivity index (χ0n) is 11.6. The Bertz CT molecular complexity index is 546. The van der Waals surface area contributed by atoms with Crippen LogP contribution in [-0.4, -0.2) is 37.1 Å². The molecule has 1 aromatic carbocycles. The summed E-state index contributed by atoms with van der Waals surface area (Å²) in [6.07, 6.45) is 1.78. The third-order valence-electron chi connectivity index (χ3n) is 3.65. The molecule has 0 saturated carbocycles. The maximum Gasteiger partial charge on any atom is 0.265 e. The quantitative estimate of drug-likeness (QED) is 0.837. The molecular weight excluding hydrogens is 272 g/mol. The molecule has 1 saturated heterocycles. The van der Waals surface area contributed by atoms with Crippen LogP contribution in [0, 0.1) is 0 Å². The van der Waals surface area contributed by atoms with Crippen molar-refractivity contribution in [3.8, 4) is 11.5 Å². The maximum absolute atomic E-state index is 12.2. The van der Waals surface area contributed by atoms with Gasteiger partial charge in [-0.1, -0.05) is 12.1 Å². The number of hydrogen-bond donors (Lipinski definition) is 2. The first-order valence-electron chi connectivity index (χ1n) is 7.20. The fourth-order valence-electron chi connectivity index (χ4n) is 2.49. The highest BCUT2D eigenvalue weighted by Gasteiger charge is 2.31. The number of para-hydroxylation sites is 2. The van der Waals surface area contributed by atoms with Crippen molar-refractivity contribution in [2.45, 2.75) is 31.4 Å². The van der Waals surface area contributed by atoms with E-state index in [0.29, 0.717) is 24.5 Å². The first-order chi connectivity index (χ1) is 10.2. The summed E-state index contributed by atoms with van der Waals surface area (Å²) in [4.78, 5) is 24.1. The summed E-state index contributed by atoms with van der Waals surface area (Å²) in [5, 5.41) is 5.55. The van der Waals surface area contributed by atoms with Crippen LogP contribution >= 0.6 is 0 Å². The Morgan fingerprint density at radius 1 is 1.24 bits per heavy atom. The van der Waals surface area contributed by atoms with Crippen LogP contribution in [0.3, 0.4) is 0 Å². The Morgan fingerprint density at radius 2 is 2.05 bits per heavy atom. The molecule has 112 valence electrons. The van der Waals surface area contributed by atoms with E-state index >= 15 is 0 Å². The predicted molar refractivity (Wildman–Crippen MR) is 75.1 cm³/mol. The van der Waals surface area contributed by atoms with Gasteiger partial charge >= 0.3 is 0 Å². The molecule has 21 heavy (non-hydrogen) atoms. The average Bonchev–Trinajstić information content (AvgIpc) is 2.72. The number of benzene rings is 1. The van der Waals surface area contributed by atoms with E-state index in [1.165, 1.54) is 0 Å². The summed E-state index contributed by atoms with van der Waals surface area (Å²) in [7, 11) is 0. The topological polar surface area (TPSA) is 76.7 Å². The molecule has 0 unspecified atom stereocenters. The highest BCUT2D eigenvalue weighted by atomic mass is 16.6. The number of ether oxygens (including phenoxy) is 2. The van der Waals surface area contributed by atoms with Gasteiger partial charge in [-0.05, 0) is 31.4 Å². The molecule has 0 radical (unpaired) electrons. The van der Waals surface area contributed by atoms with Crippen molar-refractivity contribution < 1.29 is 19.1 Å². The minimum absolute atomic E-state index is 0.127. The van der Waals surface area contributed by atoms with Crippen molar-refractivity contribution in [1.29, 1.82) is 0 Å². The molecular formula is C15H18N2O4. The number of rotatable bonds is 2. The van der Waals surface area contributed by atoms with Crippen molar-refractivity contribution in [2.24, 2.45) is 0 Å². The number of fused-ring (bicyclic) bond motifs is 1. The van der Waals surface area contributed by atoms with Crippen LogP contribution in [0.15, 0.2) is 24.3 Å². The Balaban J connectivity index is 1.62. The number of amides is 2. The van der Waals surface area contributed by atoms with E-state index in [0.717, 1.165) is 12.8 Å². The average molecular weight is 290 g/mol. The molecule has 0 aliphatic carbocycles. The van der Waals surface area contributed by atoms with Gasteiger partial charge in [-0.15, -0.1) is 0 Å². The fraction of sp³-hybridized carbons (Fsp3) is 0.467. The molecule has 2 N–H and O–H groups in total. The molecule has 2 aliphatic heterocycles. The Hall–Kier alpha value is -2.24. The molecule has 2 aliphatic rings. The third-order valence-corrected chi connectivity index (χ3v) is 3.65. The van der Waals surface area contributed by atoms with Crippen molar-refractivity contribution in [3.63, 3.8) is 0 Å². The number of carbonyl (C=O) groups excluding carboxylic acids is 2. The largest absolute Gasteiger partial charge is 0.485 e. The van der Waals surface area contributed by atoms with E-state index in [2.05, 4.69) is 10.6 Å². The standard InChI is InChI=1S/C15H18N2O4/c18-14-10(5-3-4-8-16-14)17-15(19)13-9-20-11-6-1-2-7-12(11)21-13/h1-2,6-7,10,13H,3-5,8-9H2,(H,16,18)(H,17,19)/t10-,13-/m0/s1. The lowest BCUT2D eigenvalue weighted by atomic mass is 10.1. The molecule has 1 fully saturated rings. The molecule has 6 nitrogen and oxygen atoms in total. The minimum Gasteiger partial charge on any atom is -0.485 e. The maximum atomic E-state index is 12.2. The van der Waals surface area contributed by atoms with E-state index in [-0.39, 0.29) is 18.4 Å². The Morgan fingerprint density at radius 3 is 2.90 bits per heavy atom. The Kier molecular flexibility index (Phi) is 3.94. The van der Waals surface area contributed by atoms with Crippen molar-refractivity contribution in [3.05, 3.63) is 24.3 Å². The summed E-state index contributed by atoms with van der Waals surface area (Å²) in [6, 6.07) is 6.73. The highest BCUT2D eigenvalue weighted by molar-refractivity contribution is 5.89. The lowest BCUT2D eigenvalue weighted by molar-refractivity contribution is -0.134. The molecule has 2 amide bonds. The zero-order valence-corrected chi connectivity index (χ0v) is 11.6. The van der Waals surface area contributed by atoms with Gasteiger partial charge in [-0.25, -0.2) is 0 Å². The number of nitrogens with one attached hydrogen (secondary N) is 2. The number of hydrogen-bond acceptors (Lipinski definition) is 4. The van der Waals surface area contributed by atoms with E-state index in [4.69, 9.17) is 9.47 Å². The van der Waals surface area contributed by atoms with Gasteiger partial charge in [-0.3, -0.25) is 9.59 Å². The van der Waals surface area contributed by atoms with E-state index < -0.39 is 12.1 Å². The van der Waals surface area contributed by atoms with E-state index in [9.17, 15) is 9.59 Å².